The van der Waals surface area contributed by atoms with E-state index in [0.717, 1.165) is 0 Å². The Morgan fingerprint density at radius 3 is 3.09 bits per heavy atom. The third kappa shape index (κ3) is 2.14. The molecule has 0 saturated heterocycles. The van der Waals surface area contributed by atoms with E-state index in [4.69, 9.17) is 0 Å². The van der Waals surface area contributed by atoms with Crippen molar-refractivity contribution in [3.8, 4) is 0 Å². The Labute approximate surface area is 77.2 Å². The van der Waals surface area contributed by atoms with E-state index in [1.54, 1.807) is 6.92 Å². The molecule has 0 aromatic carbocycles. The lowest BCUT2D eigenvalue weighted by Crippen LogP contribution is -2.05. The molecule has 0 aliphatic carbocycles. The van der Waals surface area contributed by atoms with Crippen molar-refractivity contribution in [2.24, 2.45) is 0 Å². The summed E-state index contributed by atoms with van der Waals surface area (Å²) in [7, 11) is 0. The second-order valence-corrected chi connectivity index (χ2v) is 2.55. The van der Waals surface area contributed by atoms with E-state index in [2.05, 4.69) is 14.9 Å². The fraction of sp³-hybridized carbons (Fsp3) is 0.400. The van der Waals surface area contributed by atoms with Crippen LogP contribution < -0.4 is 0 Å². The van der Waals surface area contributed by atoms with E-state index < -0.39 is 5.97 Å². The lowest BCUT2D eigenvalue weighted by molar-refractivity contribution is 0.0519. The number of rotatable bonds is 2. The van der Waals surface area contributed by atoms with Crippen LogP contribution in [0.15, 0.2) is 6.20 Å². The summed E-state index contributed by atoms with van der Waals surface area (Å²) < 4.78 is 5.96. The lowest BCUT2D eigenvalue weighted by atomic mass is 10.5. The maximum Gasteiger partial charge on any atom is 0.360 e. The standard InChI is InChI=1S/C5H6IN3O2/c1-2-11-5(10)4-3-7-9(6)8-4/h3H,2H2,1H3. The summed E-state index contributed by atoms with van der Waals surface area (Å²) in [6.07, 6.45) is 1.37. The van der Waals surface area contributed by atoms with Gasteiger partial charge in [-0.25, -0.2) is 4.79 Å². The zero-order valence-electron chi connectivity index (χ0n) is 5.82. The molecular formula is C5H6IN3O2. The number of nitrogens with zero attached hydrogens (tertiary/aromatic N) is 3. The average molecular weight is 267 g/mol. The fourth-order valence-corrected chi connectivity index (χ4v) is 0.898. The molecule has 60 valence electrons. The summed E-state index contributed by atoms with van der Waals surface area (Å²) >= 11 is 1.85. The minimum Gasteiger partial charge on any atom is -0.461 e. The zero-order valence-corrected chi connectivity index (χ0v) is 7.98. The maximum atomic E-state index is 10.9. The van der Waals surface area contributed by atoms with Crippen LogP contribution in [0.25, 0.3) is 0 Å². The molecule has 0 saturated carbocycles. The van der Waals surface area contributed by atoms with Crippen molar-refractivity contribution in [1.29, 1.82) is 0 Å². The third-order valence-electron chi connectivity index (χ3n) is 0.950. The van der Waals surface area contributed by atoms with E-state index in [9.17, 15) is 4.79 Å². The number of carbonyl (C=O) groups excluding carboxylic acids is 1. The normalized spacial score (nSPS) is 9.64. The van der Waals surface area contributed by atoms with E-state index in [1.807, 2.05) is 22.9 Å². The van der Waals surface area contributed by atoms with Crippen LogP contribution in [0.2, 0.25) is 0 Å². The van der Waals surface area contributed by atoms with E-state index in [1.165, 1.54) is 9.21 Å². The van der Waals surface area contributed by atoms with Gasteiger partial charge in [-0.3, -0.25) is 0 Å². The average Bonchev–Trinajstić information content (AvgIpc) is 2.36. The third-order valence-corrected chi connectivity index (χ3v) is 1.42. The maximum absolute atomic E-state index is 10.9. The molecule has 0 unspecified atom stereocenters. The Morgan fingerprint density at radius 2 is 2.64 bits per heavy atom. The highest BCUT2D eigenvalue weighted by Gasteiger charge is 2.09. The summed E-state index contributed by atoms with van der Waals surface area (Å²) in [6, 6.07) is 0. The molecule has 0 spiro atoms. The van der Waals surface area contributed by atoms with Crippen LogP contribution in [0.4, 0.5) is 0 Å². The monoisotopic (exact) mass is 267 g/mol. The SMILES string of the molecule is CCOC(=O)c1cnn(I)n1. The lowest BCUT2D eigenvalue weighted by Gasteiger charge is -1.94. The topological polar surface area (TPSA) is 57.0 Å². The van der Waals surface area contributed by atoms with E-state index >= 15 is 0 Å². The number of esters is 1. The summed E-state index contributed by atoms with van der Waals surface area (Å²) in [5.74, 6) is -0.435. The number of halogens is 1. The minimum absolute atomic E-state index is 0.237. The van der Waals surface area contributed by atoms with Gasteiger partial charge >= 0.3 is 5.97 Å². The number of hydrogen-bond donors (Lipinski definition) is 0. The van der Waals surface area contributed by atoms with Gasteiger partial charge in [0.05, 0.1) is 12.8 Å². The highest BCUT2D eigenvalue weighted by molar-refractivity contribution is 14.1. The Kier molecular flexibility index (Phi) is 2.80. The molecule has 0 bridgehead atoms. The minimum atomic E-state index is -0.435. The fourth-order valence-electron chi connectivity index (χ4n) is 0.541. The van der Waals surface area contributed by atoms with Crippen LogP contribution in [0.3, 0.4) is 0 Å². The van der Waals surface area contributed by atoms with Gasteiger partial charge in [0.1, 0.15) is 22.9 Å². The van der Waals surface area contributed by atoms with Gasteiger partial charge in [0, 0.05) is 0 Å². The molecular weight excluding hydrogens is 261 g/mol. The molecule has 0 aliphatic heterocycles. The summed E-state index contributed by atoms with van der Waals surface area (Å²) in [6.45, 7) is 2.10. The molecule has 1 aromatic heterocycles. The molecule has 1 rings (SSSR count). The van der Waals surface area contributed by atoms with Crippen LogP contribution in [0.1, 0.15) is 17.4 Å². The van der Waals surface area contributed by atoms with Gasteiger partial charge in [-0.05, 0) is 6.92 Å². The van der Waals surface area contributed by atoms with Gasteiger partial charge in [-0.1, -0.05) is 0 Å². The first kappa shape index (κ1) is 8.44. The van der Waals surface area contributed by atoms with E-state index in [0.29, 0.717) is 6.61 Å². The Balaban J connectivity index is 2.69. The summed E-state index contributed by atoms with van der Waals surface area (Å²) in [5.41, 5.74) is 0.237. The molecule has 0 radical (unpaired) electrons. The van der Waals surface area contributed by atoms with Crippen molar-refractivity contribution in [3.05, 3.63) is 11.9 Å². The van der Waals surface area contributed by atoms with Gasteiger partial charge in [0.25, 0.3) is 0 Å². The number of ether oxygens (including phenoxy) is 1. The van der Waals surface area contributed by atoms with E-state index in [-0.39, 0.29) is 5.69 Å². The van der Waals surface area contributed by atoms with Crippen LogP contribution in [-0.2, 0) is 4.74 Å². The quantitative estimate of drug-likeness (QED) is 0.583. The second-order valence-electron chi connectivity index (χ2n) is 1.69. The zero-order chi connectivity index (χ0) is 8.27. The van der Waals surface area contributed by atoms with Gasteiger partial charge in [0.15, 0.2) is 5.69 Å². The van der Waals surface area contributed by atoms with Gasteiger partial charge in [0.2, 0.25) is 0 Å². The van der Waals surface area contributed by atoms with Gasteiger partial charge < -0.3 is 4.74 Å². The summed E-state index contributed by atoms with van der Waals surface area (Å²) in [5, 5.41) is 7.46. The molecule has 0 aliphatic rings. The highest BCUT2D eigenvalue weighted by atomic mass is 127. The van der Waals surface area contributed by atoms with Gasteiger partial charge in [-0.2, -0.15) is 5.10 Å². The van der Waals surface area contributed by atoms with Crippen LogP contribution in [-0.4, -0.2) is 25.8 Å². The molecule has 5 nitrogen and oxygen atoms in total. The summed E-state index contributed by atoms with van der Waals surface area (Å²) in [4.78, 5) is 10.9. The molecule has 0 fully saturated rings. The second kappa shape index (κ2) is 3.65. The number of carbonyl (C=O) groups is 1. The van der Waals surface area contributed by atoms with Crippen LogP contribution in [0, 0.1) is 0 Å². The Bertz CT molecular complexity index is 260. The van der Waals surface area contributed by atoms with Crippen molar-refractivity contribution in [1.82, 2.24) is 13.2 Å². The first-order valence-corrected chi connectivity index (χ1v) is 3.96. The van der Waals surface area contributed by atoms with Crippen molar-refractivity contribution in [3.63, 3.8) is 0 Å². The Hall–Kier alpha value is -0.660. The molecule has 1 aromatic rings. The van der Waals surface area contributed by atoms with Crippen molar-refractivity contribution < 1.29 is 9.53 Å². The first-order chi connectivity index (χ1) is 5.24. The molecule has 0 amide bonds. The predicted molar refractivity (Wildman–Crippen MR) is 45.4 cm³/mol. The van der Waals surface area contributed by atoms with Crippen molar-refractivity contribution >= 4 is 28.8 Å². The Morgan fingerprint density at radius 1 is 1.91 bits per heavy atom. The smallest absolute Gasteiger partial charge is 0.360 e. The first-order valence-electron chi connectivity index (χ1n) is 2.99. The van der Waals surface area contributed by atoms with Gasteiger partial charge in [-0.15, -0.1) is 8.11 Å². The predicted octanol–water partition coefficient (Wildman–Crippen LogP) is 0.653. The molecule has 11 heavy (non-hydrogen) atoms. The largest absolute Gasteiger partial charge is 0.461 e. The molecule has 0 N–H and O–H groups in total. The number of hydrogen-bond acceptors (Lipinski definition) is 4. The molecule has 6 heteroatoms. The molecule has 1 heterocycles. The van der Waals surface area contributed by atoms with Crippen LogP contribution in [0.5, 0.6) is 0 Å². The van der Waals surface area contributed by atoms with Crippen LogP contribution >= 0.6 is 22.9 Å². The van der Waals surface area contributed by atoms with Crippen molar-refractivity contribution in [2.45, 2.75) is 6.92 Å². The number of aromatic nitrogens is 3. The highest BCUT2D eigenvalue weighted by Crippen LogP contribution is 1.96. The molecule has 0 atom stereocenters. The van der Waals surface area contributed by atoms with Crippen molar-refractivity contribution in [2.75, 3.05) is 6.61 Å².